The molecule has 6 heteroatoms. The van der Waals surface area contributed by atoms with Gasteiger partial charge >= 0.3 is 6.18 Å². The molecule has 124 valence electrons. The smallest absolute Gasteiger partial charge is 0.326 e. The maximum absolute atomic E-state index is 12.5. The van der Waals surface area contributed by atoms with Crippen molar-refractivity contribution in [2.75, 3.05) is 5.32 Å². The lowest BCUT2D eigenvalue weighted by Crippen LogP contribution is -2.05. The van der Waals surface area contributed by atoms with Gasteiger partial charge in [0.15, 0.2) is 5.78 Å². The van der Waals surface area contributed by atoms with Gasteiger partial charge in [-0.1, -0.05) is 30.3 Å². The van der Waals surface area contributed by atoms with E-state index >= 15 is 0 Å². The third-order valence-electron chi connectivity index (χ3n) is 3.15. The number of ketones is 1. The Morgan fingerprint density at radius 3 is 2.04 bits per heavy atom. The Balaban J connectivity index is 2.06. The van der Waals surface area contributed by atoms with Gasteiger partial charge in [0, 0.05) is 18.2 Å². The molecule has 0 aliphatic rings. The lowest BCUT2D eigenvalue weighted by atomic mass is 10.1. The summed E-state index contributed by atoms with van der Waals surface area (Å²) in [5.74, 6) is -0.578. The molecule has 2 aromatic carbocycles. The van der Waals surface area contributed by atoms with E-state index in [2.05, 4.69) is 5.32 Å². The van der Waals surface area contributed by atoms with Gasteiger partial charge in [0.2, 0.25) is 5.91 Å². The summed E-state index contributed by atoms with van der Waals surface area (Å²) in [5, 5.41) is 2.62. The Bertz CT molecular complexity index is 760. The number of nitrogens with one attached hydrogen (secondary N) is 1. The highest BCUT2D eigenvalue weighted by Gasteiger charge is 2.30. The van der Waals surface area contributed by atoms with E-state index in [-0.39, 0.29) is 11.5 Å². The van der Waals surface area contributed by atoms with Crippen LogP contribution in [0.2, 0.25) is 0 Å². The molecule has 3 nitrogen and oxygen atoms in total. The minimum Gasteiger partial charge on any atom is -0.326 e. The summed E-state index contributed by atoms with van der Waals surface area (Å²) in [4.78, 5) is 22.9. The van der Waals surface area contributed by atoms with Crippen LogP contribution in [0, 0.1) is 0 Å². The van der Waals surface area contributed by atoms with E-state index in [1.54, 1.807) is 30.3 Å². The fourth-order valence-corrected chi connectivity index (χ4v) is 1.97. The monoisotopic (exact) mass is 333 g/mol. The van der Waals surface area contributed by atoms with Crippen molar-refractivity contribution in [2.45, 2.75) is 13.1 Å². The van der Waals surface area contributed by atoms with Gasteiger partial charge in [0.05, 0.1) is 5.56 Å². The topological polar surface area (TPSA) is 46.2 Å². The van der Waals surface area contributed by atoms with Crippen LogP contribution in [0.4, 0.5) is 18.9 Å². The molecule has 2 rings (SSSR count). The van der Waals surface area contributed by atoms with Crippen LogP contribution < -0.4 is 5.32 Å². The number of carbonyl (C=O) groups excluding carboxylic acids is 2. The maximum atomic E-state index is 12.5. The van der Waals surface area contributed by atoms with E-state index in [4.69, 9.17) is 0 Å². The zero-order chi connectivity index (χ0) is 17.7. The standard InChI is InChI=1S/C18H14F3NO2/c1-12(23)22-16-9-2-13(3-10-16)4-11-17(24)14-5-7-15(8-6-14)18(19,20)21/h2-11H,1H3,(H,22,23)/b11-4+. The van der Waals surface area contributed by atoms with Crippen molar-refractivity contribution in [2.24, 2.45) is 0 Å². The summed E-state index contributed by atoms with van der Waals surface area (Å²) in [5.41, 5.74) is 0.740. The highest BCUT2D eigenvalue weighted by atomic mass is 19.4. The van der Waals surface area contributed by atoms with Crippen LogP contribution in [0.3, 0.4) is 0 Å². The molecule has 0 aliphatic heterocycles. The summed E-state index contributed by atoms with van der Waals surface area (Å²) < 4.78 is 37.4. The molecule has 0 aromatic heterocycles. The SMILES string of the molecule is CC(=O)Nc1ccc(/C=C/C(=O)c2ccc(C(F)(F)F)cc2)cc1. The Hall–Kier alpha value is -2.89. The van der Waals surface area contributed by atoms with Crippen molar-refractivity contribution in [3.05, 3.63) is 71.3 Å². The van der Waals surface area contributed by atoms with Gasteiger partial charge < -0.3 is 5.32 Å². The van der Waals surface area contributed by atoms with Crippen LogP contribution in [0.5, 0.6) is 0 Å². The number of alkyl halides is 3. The molecule has 0 aliphatic carbocycles. The van der Waals surface area contributed by atoms with Crippen molar-refractivity contribution in [3.63, 3.8) is 0 Å². The molecule has 0 heterocycles. The largest absolute Gasteiger partial charge is 0.416 e. The lowest BCUT2D eigenvalue weighted by molar-refractivity contribution is -0.137. The van der Waals surface area contributed by atoms with Gasteiger partial charge in [-0.3, -0.25) is 9.59 Å². The number of anilines is 1. The molecule has 1 N–H and O–H groups in total. The lowest BCUT2D eigenvalue weighted by Gasteiger charge is -2.06. The van der Waals surface area contributed by atoms with Gasteiger partial charge in [-0.2, -0.15) is 13.2 Å². The Morgan fingerprint density at radius 1 is 0.958 bits per heavy atom. The number of hydrogen-bond acceptors (Lipinski definition) is 2. The van der Waals surface area contributed by atoms with E-state index in [9.17, 15) is 22.8 Å². The van der Waals surface area contributed by atoms with Crippen LogP contribution in [-0.2, 0) is 11.0 Å². The fourth-order valence-electron chi connectivity index (χ4n) is 1.97. The van der Waals surface area contributed by atoms with E-state index in [0.717, 1.165) is 29.8 Å². The second-order valence-electron chi connectivity index (χ2n) is 5.08. The highest BCUT2D eigenvalue weighted by Crippen LogP contribution is 2.29. The molecule has 24 heavy (non-hydrogen) atoms. The van der Waals surface area contributed by atoms with E-state index in [0.29, 0.717) is 5.69 Å². The van der Waals surface area contributed by atoms with Crippen LogP contribution in [0.1, 0.15) is 28.4 Å². The molecular weight excluding hydrogens is 319 g/mol. The fraction of sp³-hybridized carbons (Fsp3) is 0.111. The van der Waals surface area contributed by atoms with E-state index in [1.165, 1.54) is 13.0 Å². The molecule has 0 saturated heterocycles. The third-order valence-corrected chi connectivity index (χ3v) is 3.15. The summed E-state index contributed by atoms with van der Waals surface area (Å²) in [6, 6.07) is 10.8. The van der Waals surface area contributed by atoms with Crippen LogP contribution in [0.15, 0.2) is 54.6 Å². The number of hydrogen-bond donors (Lipinski definition) is 1. The summed E-state index contributed by atoms with van der Waals surface area (Å²) in [6.45, 7) is 1.40. The van der Waals surface area contributed by atoms with Gasteiger partial charge in [0.1, 0.15) is 0 Å². The van der Waals surface area contributed by atoms with Crippen molar-refractivity contribution in [1.82, 2.24) is 0 Å². The van der Waals surface area contributed by atoms with Crippen LogP contribution in [0.25, 0.3) is 6.08 Å². The number of amides is 1. The average Bonchev–Trinajstić information content (AvgIpc) is 2.52. The average molecular weight is 333 g/mol. The van der Waals surface area contributed by atoms with Gasteiger partial charge in [-0.15, -0.1) is 0 Å². The number of benzene rings is 2. The Morgan fingerprint density at radius 2 is 1.54 bits per heavy atom. The molecule has 1 amide bonds. The van der Waals surface area contributed by atoms with Crippen LogP contribution in [-0.4, -0.2) is 11.7 Å². The number of rotatable bonds is 4. The summed E-state index contributed by atoms with van der Waals surface area (Å²) in [6.07, 6.45) is -1.58. The number of halogens is 3. The molecule has 2 aromatic rings. The van der Waals surface area contributed by atoms with Gasteiger partial charge in [0.25, 0.3) is 0 Å². The molecule has 0 atom stereocenters. The molecule has 0 radical (unpaired) electrons. The minimum atomic E-state index is -4.42. The summed E-state index contributed by atoms with van der Waals surface area (Å²) >= 11 is 0. The highest BCUT2D eigenvalue weighted by molar-refractivity contribution is 6.06. The first kappa shape index (κ1) is 17.5. The van der Waals surface area contributed by atoms with Crippen LogP contribution >= 0.6 is 0 Å². The Labute approximate surface area is 136 Å². The predicted octanol–water partition coefficient (Wildman–Crippen LogP) is 4.56. The second kappa shape index (κ2) is 7.12. The van der Waals surface area contributed by atoms with E-state index < -0.39 is 17.5 Å². The molecule has 0 saturated carbocycles. The minimum absolute atomic E-state index is 0.175. The van der Waals surface area contributed by atoms with Crippen molar-refractivity contribution >= 4 is 23.5 Å². The normalized spacial score (nSPS) is 11.5. The first-order chi connectivity index (χ1) is 11.3. The van der Waals surface area contributed by atoms with Crippen molar-refractivity contribution < 1.29 is 22.8 Å². The predicted molar refractivity (Wildman–Crippen MR) is 85.6 cm³/mol. The maximum Gasteiger partial charge on any atom is 0.416 e. The molecule has 0 fully saturated rings. The number of carbonyl (C=O) groups is 2. The van der Waals surface area contributed by atoms with E-state index in [1.807, 2.05) is 0 Å². The number of allylic oxidation sites excluding steroid dienone is 1. The van der Waals surface area contributed by atoms with Crippen molar-refractivity contribution in [1.29, 1.82) is 0 Å². The first-order valence-corrected chi connectivity index (χ1v) is 7.03. The van der Waals surface area contributed by atoms with Gasteiger partial charge in [-0.05, 0) is 35.9 Å². The van der Waals surface area contributed by atoms with Crippen molar-refractivity contribution in [3.8, 4) is 0 Å². The second-order valence-corrected chi connectivity index (χ2v) is 5.08. The quantitative estimate of drug-likeness (QED) is 0.658. The Kier molecular flexibility index (Phi) is 5.18. The summed E-state index contributed by atoms with van der Waals surface area (Å²) in [7, 11) is 0. The molecule has 0 bridgehead atoms. The molecular formula is C18H14F3NO2. The zero-order valence-corrected chi connectivity index (χ0v) is 12.7. The zero-order valence-electron chi connectivity index (χ0n) is 12.7. The molecule has 0 spiro atoms. The molecule has 0 unspecified atom stereocenters. The van der Waals surface area contributed by atoms with Gasteiger partial charge in [-0.25, -0.2) is 0 Å². The first-order valence-electron chi connectivity index (χ1n) is 7.03. The third kappa shape index (κ3) is 4.81.